The van der Waals surface area contributed by atoms with Gasteiger partial charge in [0.15, 0.2) is 0 Å². The van der Waals surface area contributed by atoms with Crippen LogP contribution in [0.3, 0.4) is 0 Å². The van der Waals surface area contributed by atoms with E-state index in [1.165, 1.54) is 18.3 Å². The first-order chi connectivity index (χ1) is 6.03. The van der Waals surface area contributed by atoms with E-state index in [0.29, 0.717) is 0 Å². The number of nitrogens with two attached hydrogens (primary N) is 1. The monoisotopic (exact) mass is 192 g/mol. The molecule has 0 bridgehead atoms. The number of hydrogen-bond acceptors (Lipinski definition) is 3. The largest absolute Gasteiger partial charge is 0.574 e. The van der Waals surface area contributed by atoms with Crippen molar-refractivity contribution in [3.8, 4) is 5.88 Å². The Morgan fingerprint density at radius 3 is 2.69 bits per heavy atom. The maximum Gasteiger partial charge on any atom is 0.574 e. The molecular formula is C7H7F3N2O. The molecule has 0 aromatic carbocycles. The van der Waals surface area contributed by atoms with Crippen LogP contribution in [-0.4, -0.2) is 11.3 Å². The summed E-state index contributed by atoms with van der Waals surface area (Å²) >= 11 is 0. The van der Waals surface area contributed by atoms with Gasteiger partial charge in [-0.2, -0.15) is 0 Å². The number of nitrogens with zero attached hydrogens (tertiary/aromatic N) is 1. The molecule has 0 radical (unpaired) electrons. The summed E-state index contributed by atoms with van der Waals surface area (Å²) in [6, 6.07) is 2.92. The quantitative estimate of drug-likeness (QED) is 0.771. The highest BCUT2D eigenvalue weighted by molar-refractivity contribution is 5.25. The molecule has 0 saturated heterocycles. The Bertz CT molecular complexity index is 287. The molecule has 0 aliphatic rings. The number of halogens is 3. The Kier molecular flexibility index (Phi) is 2.72. The predicted molar refractivity (Wildman–Crippen MR) is 38.8 cm³/mol. The average molecular weight is 192 g/mol. The molecule has 2 N–H and O–H groups in total. The molecule has 1 aromatic heterocycles. The summed E-state index contributed by atoms with van der Waals surface area (Å²) in [4.78, 5) is 3.41. The standard InChI is InChI=1S/C7H7F3N2O/c8-7(9,10)13-6-5(4-11)2-1-3-12-6/h1-3H,4,11H2. The maximum atomic E-state index is 11.8. The fourth-order valence-electron chi connectivity index (χ4n) is 0.781. The first-order valence-electron chi connectivity index (χ1n) is 3.42. The maximum absolute atomic E-state index is 11.8. The van der Waals surface area contributed by atoms with E-state index in [0.717, 1.165) is 0 Å². The zero-order valence-electron chi connectivity index (χ0n) is 6.51. The smallest absolute Gasteiger partial charge is 0.388 e. The van der Waals surface area contributed by atoms with Crippen molar-refractivity contribution < 1.29 is 17.9 Å². The minimum absolute atomic E-state index is 0.0424. The van der Waals surface area contributed by atoms with Crippen LogP contribution >= 0.6 is 0 Å². The van der Waals surface area contributed by atoms with Gasteiger partial charge in [-0.25, -0.2) is 4.98 Å². The van der Waals surface area contributed by atoms with Crippen molar-refractivity contribution in [3.63, 3.8) is 0 Å². The molecule has 1 aromatic rings. The summed E-state index contributed by atoms with van der Waals surface area (Å²) in [5, 5.41) is 0. The van der Waals surface area contributed by atoms with Gasteiger partial charge < -0.3 is 10.5 Å². The molecule has 0 spiro atoms. The lowest BCUT2D eigenvalue weighted by molar-refractivity contribution is -0.276. The Morgan fingerprint density at radius 2 is 2.15 bits per heavy atom. The van der Waals surface area contributed by atoms with E-state index in [1.807, 2.05) is 0 Å². The summed E-state index contributed by atoms with van der Waals surface area (Å²) in [7, 11) is 0. The van der Waals surface area contributed by atoms with Crippen LogP contribution in [0.1, 0.15) is 5.56 Å². The SMILES string of the molecule is NCc1cccnc1OC(F)(F)F. The average Bonchev–Trinajstić information content (AvgIpc) is 2.02. The molecule has 0 fully saturated rings. The Morgan fingerprint density at radius 1 is 1.46 bits per heavy atom. The van der Waals surface area contributed by atoms with Gasteiger partial charge in [-0.15, -0.1) is 13.2 Å². The van der Waals surface area contributed by atoms with Gasteiger partial charge in [0.25, 0.3) is 0 Å². The summed E-state index contributed by atoms with van der Waals surface area (Å²) < 4.78 is 38.9. The summed E-state index contributed by atoms with van der Waals surface area (Å²) in [6.07, 6.45) is -3.52. The summed E-state index contributed by atoms with van der Waals surface area (Å²) in [5.74, 6) is -0.488. The van der Waals surface area contributed by atoms with Crippen LogP contribution in [0.15, 0.2) is 18.3 Å². The third kappa shape index (κ3) is 2.90. The molecule has 1 rings (SSSR count). The third-order valence-electron chi connectivity index (χ3n) is 1.28. The van der Waals surface area contributed by atoms with E-state index in [2.05, 4.69) is 9.72 Å². The van der Waals surface area contributed by atoms with E-state index in [1.54, 1.807) is 0 Å². The molecule has 0 saturated carbocycles. The van der Waals surface area contributed by atoms with E-state index in [4.69, 9.17) is 5.73 Å². The van der Waals surface area contributed by atoms with Crippen molar-refractivity contribution in [3.05, 3.63) is 23.9 Å². The number of rotatable bonds is 2. The van der Waals surface area contributed by atoms with Gasteiger partial charge in [0.05, 0.1) is 0 Å². The van der Waals surface area contributed by atoms with Gasteiger partial charge in [-0.3, -0.25) is 0 Å². The molecular weight excluding hydrogens is 185 g/mol. The Balaban J connectivity index is 2.87. The predicted octanol–water partition coefficient (Wildman–Crippen LogP) is 1.44. The third-order valence-corrected chi connectivity index (χ3v) is 1.28. The van der Waals surface area contributed by atoms with Crippen molar-refractivity contribution in [1.29, 1.82) is 0 Å². The molecule has 0 amide bonds. The van der Waals surface area contributed by atoms with Crippen LogP contribution in [0.4, 0.5) is 13.2 Å². The highest BCUT2D eigenvalue weighted by Crippen LogP contribution is 2.23. The number of ether oxygens (including phenoxy) is 1. The second-order valence-corrected chi connectivity index (χ2v) is 2.22. The molecule has 6 heteroatoms. The highest BCUT2D eigenvalue weighted by Gasteiger charge is 2.32. The van der Waals surface area contributed by atoms with Gasteiger partial charge in [0, 0.05) is 18.3 Å². The lowest BCUT2D eigenvalue weighted by Gasteiger charge is -2.10. The van der Waals surface area contributed by atoms with Gasteiger partial charge in [0.2, 0.25) is 5.88 Å². The van der Waals surface area contributed by atoms with Crippen LogP contribution in [0.2, 0.25) is 0 Å². The van der Waals surface area contributed by atoms with E-state index in [-0.39, 0.29) is 12.1 Å². The summed E-state index contributed by atoms with van der Waals surface area (Å²) in [5.41, 5.74) is 5.40. The van der Waals surface area contributed by atoms with Gasteiger partial charge in [-0.1, -0.05) is 6.07 Å². The van der Waals surface area contributed by atoms with Crippen molar-refractivity contribution in [2.45, 2.75) is 12.9 Å². The molecule has 72 valence electrons. The zero-order valence-corrected chi connectivity index (χ0v) is 6.51. The van der Waals surface area contributed by atoms with Crippen LogP contribution in [0, 0.1) is 0 Å². The van der Waals surface area contributed by atoms with E-state index >= 15 is 0 Å². The lowest BCUT2D eigenvalue weighted by atomic mass is 10.3. The fourth-order valence-corrected chi connectivity index (χ4v) is 0.781. The normalized spacial score (nSPS) is 11.4. The second-order valence-electron chi connectivity index (χ2n) is 2.22. The van der Waals surface area contributed by atoms with Crippen LogP contribution in [-0.2, 0) is 6.54 Å². The topological polar surface area (TPSA) is 48.1 Å². The Labute approximate surface area is 72.3 Å². The zero-order chi connectivity index (χ0) is 9.90. The van der Waals surface area contributed by atoms with Crippen molar-refractivity contribution in [1.82, 2.24) is 4.98 Å². The molecule has 3 nitrogen and oxygen atoms in total. The first kappa shape index (κ1) is 9.79. The molecule has 13 heavy (non-hydrogen) atoms. The van der Waals surface area contributed by atoms with E-state index < -0.39 is 12.2 Å². The fraction of sp³-hybridized carbons (Fsp3) is 0.286. The molecule has 0 unspecified atom stereocenters. The highest BCUT2D eigenvalue weighted by atomic mass is 19.4. The number of alkyl halides is 3. The molecule has 0 aliphatic heterocycles. The number of hydrogen-bond donors (Lipinski definition) is 1. The number of pyridine rings is 1. The first-order valence-corrected chi connectivity index (χ1v) is 3.42. The van der Waals surface area contributed by atoms with Crippen molar-refractivity contribution in [2.24, 2.45) is 5.73 Å². The van der Waals surface area contributed by atoms with Crippen LogP contribution in [0.5, 0.6) is 5.88 Å². The molecule has 0 aliphatic carbocycles. The Hall–Kier alpha value is -1.30. The van der Waals surface area contributed by atoms with Crippen LogP contribution < -0.4 is 10.5 Å². The lowest BCUT2D eigenvalue weighted by Crippen LogP contribution is -2.19. The summed E-state index contributed by atoms with van der Waals surface area (Å²) in [6.45, 7) is -0.0424. The minimum atomic E-state index is -4.72. The van der Waals surface area contributed by atoms with Crippen molar-refractivity contribution in [2.75, 3.05) is 0 Å². The molecule has 0 atom stereocenters. The second kappa shape index (κ2) is 3.61. The number of aromatic nitrogens is 1. The van der Waals surface area contributed by atoms with Crippen LogP contribution in [0.25, 0.3) is 0 Å². The van der Waals surface area contributed by atoms with E-state index in [9.17, 15) is 13.2 Å². The van der Waals surface area contributed by atoms with Gasteiger partial charge in [-0.05, 0) is 6.07 Å². The minimum Gasteiger partial charge on any atom is -0.388 e. The van der Waals surface area contributed by atoms with Gasteiger partial charge in [0.1, 0.15) is 0 Å². The van der Waals surface area contributed by atoms with Gasteiger partial charge >= 0.3 is 6.36 Å². The van der Waals surface area contributed by atoms with Crippen molar-refractivity contribution >= 4 is 0 Å². The molecule has 1 heterocycles.